The minimum Gasteiger partial charge on any atom is -0.389 e. The number of aryl methyl sites for hydroxylation is 2. The highest BCUT2D eigenvalue weighted by Gasteiger charge is 2.43. The van der Waals surface area contributed by atoms with E-state index in [4.69, 9.17) is 0 Å². The molecule has 2 N–H and O–H groups in total. The molecule has 1 saturated heterocycles. The van der Waals surface area contributed by atoms with Gasteiger partial charge in [0.2, 0.25) is 0 Å². The number of aliphatic hydroxyl groups is 1. The van der Waals surface area contributed by atoms with Crippen LogP contribution in [0.3, 0.4) is 0 Å². The van der Waals surface area contributed by atoms with E-state index in [2.05, 4.69) is 66.5 Å². The Bertz CT molecular complexity index is 791. The van der Waals surface area contributed by atoms with Crippen LogP contribution in [0.25, 0.3) is 11.1 Å². The smallest absolute Gasteiger partial charge is 0.0728 e. The van der Waals surface area contributed by atoms with E-state index in [1.807, 2.05) is 0 Å². The number of rotatable bonds is 5. The first-order valence-corrected chi connectivity index (χ1v) is 10.4. The first kappa shape index (κ1) is 18.7. The van der Waals surface area contributed by atoms with Gasteiger partial charge in [-0.15, -0.1) is 0 Å². The summed E-state index contributed by atoms with van der Waals surface area (Å²) in [6.07, 6.45) is 3.00. The maximum atomic E-state index is 11.3. The predicted octanol–water partition coefficient (Wildman–Crippen LogP) is 3.87. The highest BCUT2D eigenvalue weighted by Crippen LogP contribution is 2.44. The zero-order chi connectivity index (χ0) is 18.9. The van der Waals surface area contributed by atoms with Crippen LogP contribution >= 0.6 is 0 Å². The Labute approximate surface area is 163 Å². The average Bonchev–Trinajstić information content (AvgIpc) is 2.67. The van der Waals surface area contributed by atoms with E-state index in [1.165, 1.54) is 27.8 Å². The zero-order valence-corrected chi connectivity index (χ0v) is 16.7. The molecular formula is C24H32N2O. The molecule has 27 heavy (non-hydrogen) atoms. The third-order valence-electron chi connectivity index (χ3n) is 6.65. The summed E-state index contributed by atoms with van der Waals surface area (Å²) >= 11 is 0. The van der Waals surface area contributed by atoms with Crippen molar-refractivity contribution in [1.29, 1.82) is 0 Å². The molecule has 2 aromatic rings. The quantitative estimate of drug-likeness (QED) is 0.845. The van der Waals surface area contributed by atoms with Crippen molar-refractivity contribution in [2.45, 2.75) is 44.6 Å². The number of piperazine rings is 1. The van der Waals surface area contributed by atoms with E-state index in [9.17, 15) is 5.11 Å². The summed E-state index contributed by atoms with van der Waals surface area (Å²) in [4.78, 5) is 2.51. The molecule has 1 heterocycles. The zero-order valence-electron chi connectivity index (χ0n) is 16.7. The molecule has 4 rings (SSSR count). The minimum atomic E-state index is -0.535. The molecule has 1 unspecified atom stereocenters. The van der Waals surface area contributed by atoms with Crippen LogP contribution in [0.5, 0.6) is 0 Å². The summed E-state index contributed by atoms with van der Waals surface area (Å²) < 4.78 is 0. The molecule has 2 aliphatic rings. The highest BCUT2D eigenvalue weighted by atomic mass is 16.3. The molecule has 3 nitrogen and oxygen atoms in total. The van der Waals surface area contributed by atoms with Crippen LogP contribution in [0.2, 0.25) is 0 Å². The van der Waals surface area contributed by atoms with Crippen molar-refractivity contribution in [3.8, 4) is 11.1 Å². The largest absolute Gasteiger partial charge is 0.389 e. The Kier molecular flexibility index (Phi) is 5.36. The highest BCUT2D eigenvalue weighted by molar-refractivity contribution is 5.66. The third kappa shape index (κ3) is 3.96. The Morgan fingerprint density at radius 3 is 2.41 bits per heavy atom. The SMILES string of the molecule is Cc1ccc(-c2cccc(C(CN3CCNCC3)C3(O)CCC3)c2)cc1C. The number of benzene rings is 2. The second-order valence-electron chi connectivity index (χ2n) is 8.48. The van der Waals surface area contributed by atoms with Crippen LogP contribution in [0.1, 0.15) is 41.9 Å². The maximum Gasteiger partial charge on any atom is 0.0728 e. The molecule has 144 valence electrons. The third-order valence-corrected chi connectivity index (χ3v) is 6.65. The predicted molar refractivity (Wildman–Crippen MR) is 112 cm³/mol. The van der Waals surface area contributed by atoms with E-state index in [1.54, 1.807) is 0 Å². The molecule has 1 atom stereocenters. The molecule has 3 heteroatoms. The van der Waals surface area contributed by atoms with Gasteiger partial charge in [0.1, 0.15) is 0 Å². The Hall–Kier alpha value is -1.68. The summed E-state index contributed by atoms with van der Waals surface area (Å²) in [5.41, 5.74) is 5.92. The Morgan fingerprint density at radius 2 is 1.74 bits per heavy atom. The van der Waals surface area contributed by atoms with Crippen molar-refractivity contribution >= 4 is 0 Å². The molecule has 0 aromatic heterocycles. The number of nitrogens with one attached hydrogen (secondary N) is 1. The first-order chi connectivity index (χ1) is 13.0. The fraction of sp³-hybridized carbons (Fsp3) is 0.500. The van der Waals surface area contributed by atoms with Gasteiger partial charge in [-0.1, -0.05) is 42.5 Å². The van der Waals surface area contributed by atoms with Gasteiger partial charge in [-0.25, -0.2) is 0 Å². The average molecular weight is 365 g/mol. The molecule has 2 aromatic carbocycles. The first-order valence-electron chi connectivity index (χ1n) is 10.4. The van der Waals surface area contributed by atoms with Crippen molar-refractivity contribution in [1.82, 2.24) is 10.2 Å². The Morgan fingerprint density at radius 1 is 1.00 bits per heavy atom. The lowest BCUT2D eigenvalue weighted by molar-refractivity contribution is -0.0652. The minimum absolute atomic E-state index is 0.191. The molecule has 1 aliphatic heterocycles. The van der Waals surface area contributed by atoms with Gasteiger partial charge in [0, 0.05) is 38.6 Å². The summed E-state index contributed by atoms with van der Waals surface area (Å²) in [5, 5.41) is 14.7. The lowest BCUT2D eigenvalue weighted by Crippen LogP contribution is -2.51. The molecule has 0 amide bonds. The summed E-state index contributed by atoms with van der Waals surface area (Å²) in [7, 11) is 0. The van der Waals surface area contributed by atoms with Gasteiger partial charge in [0.25, 0.3) is 0 Å². The van der Waals surface area contributed by atoms with Gasteiger partial charge < -0.3 is 15.3 Å². The molecular weight excluding hydrogens is 332 g/mol. The number of hydrogen-bond acceptors (Lipinski definition) is 3. The monoisotopic (exact) mass is 364 g/mol. The number of hydrogen-bond donors (Lipinski definition) is 2. The second kappa shape index (κ2) is 7.75. The van der Waals surface area contributed by atoms with E-state index in [-0.39, 0.29) is 5.92 Å². The van der Waals surface area contributed by atoms with E-state index >= 15 is 0 Å². The second-order valence-corrected chi connectivity index (χ2v) is 8.48. The van der Waals surface area contributed by atoms with Crippen LogP contribution in [-0.4, -0.2) is 48.3 Å². The summed E-state index contributed by atoms with van der Waals surface area (Å²) in [6, 6.07) is 15.6. The van der Waals surface area contributed by atoms with Crippen molar-refractivity contribution in [2.24, 2.45) is 0 Å². The van der Waals surface area contributed by atoms with Crippen LogP contribution in [-0.2, 0) is 0 Å². The normalized spacial score (nSPS) is 20.9. The Balaban J connectivity index is 1.64. The maximum absolute atomic E-state index is 11.3. The molecule has 2 fully saturated rings. The van der Waals surface area contributed by atoms with Gasteiger partial charge in [-0.2, -0.15) is 0 Å². The lowest BCUT2D eigenvalue weighted by Gasteiger charge is -2.46. The van der Waals surface area contributed by atoms with Gasteiger partial charge in [-0.05, 0) is 60.9 Å². The molecule has 0 radical (unpaired) electrons. The van der Waals surface area contributed by atoms with Crippen molar-refractivity contribution in [2.75, 3.05) is 32.7 Å². The van der Waals surface area contributed by atoms with Crippen LogP contribution in [0, 0.1) is 13.8 Å². The van der Waals surface area contributed by atoms with Crippen molar-refractivity contribution in [3.63, 3.8) is 0 Å². The van der Waals surface area contributed by atoms with Gasteiger partial charge >= 0.3 is 0 Å². The van der Waals surface area contributed by atoms with Crippen molar-refractivity contribution in [3.05, 3.63) is 59.2 Å². The summed E-state index contributed by atoms with van der Waals surface area (Å²) in [5.74, 6) is 0.191. The summed E-state index contributed by atoms with van der Waals surface area (Å²) in [6.45, 7) is 9.53. The van der Waals surface area contributed by atoms with Crippen LogP contribution in [0.15, 0.2) is 42.5 Å². The van der Waals surface area contributed by atoms with Gasteiger partial charge in [0.15, 0.2) is 0 Å². The van der Waals surface area contributed by atoms with E-state index < -0.39 is 5.60 Å². The standard InChI is InChI=1S/C24H32N2O/c1-18-7-8-21(15-19(18)2)20-5-3-6-22(16-20)23(24(27)9-4-10-24)17-26-13-11-25-12-14-26/h3,5-8,15-16,23,25,27H,4,9-14,17H2,1-2H3. The fourth-order valence-electron chi connectivity index (χ4n) is 4.48. The van der Waals surface area contributed by atoms with Gasteiger partial charge in [-0.3, -0.25) is 0 Å². The molecule has 0 bridgehead atoms. The number of nitrogens with zero attached hydrogens (tertiary/aromatic N) is 1. The van der Waals surface area contributed by atoms with Gasteiger partial charge in [0.05, 0.1) is 5.60 Å². The van der Waals surface area contributed by atoms with Crippen LogP contribution in [0.4, 0.5) is 0 Å². The van der Waals surface area contributed by atoms with Crippen LogP contribution < -0.4 is 5.32 Å². The van der Waals surface area contributed by atoms with Crippen molar-refractivity contribution < 1.29 is 5.11 Å². The molecule has 1 aliphatic carbocycles. The van der Waals surface area contributed by atoms with E-state index in [0.717, 1.165) is 52.0 Å². The molecule has 1 saturated carbocycles. The fourth-order valence-corrected chi connectivity index (χ4v) is 4.48. The van der Waals surface area contributed by atoms with E-state index in [0.29, 0.717) is 0 Å². The topological polar surface area (TPSA) is 35.5 Å². The molecule has 0 spiro atoms. The lowest BCUT2D eigenvalue weighted by atomic mass is 9.68.